The fourth-order valence-electron chi connectivity index (χ4n) is 5.13. The number of aliphatic hydroxyl groups is 1. The fraction of sp³-hybridized carbons (Fsp3) is 0.393. The highest BCUT2D eigenvalue weighted by Crippen LogP contribution is 2.47. The molecule has 7 nitrogen and oxygen atoms in total. The van der Waals surface area contributed by atoms with Crippen LogP contribution in [0.25, 0.3) is 0 Å². The summed E-state index contributed by atoms with van der Waals surface area (Å²) >= 11 is 0. The lowest BCUT2D eigenvalue weighted by Crippen LogP contribution is -2.54. The van der Waals surface area contributed by atoms with Crippen LogP contribution in [-0.2, 0) is 15.0 Å². The van der Waals surface area contributed by atoms with Crippen molar-refractivity contribution < 1.29 is 14.7 Å². The molecule has 2 aliphatic rings. The summed E-state index contributed by atoms with van der Waals surface area (Å²) in [6.07, 6.45) is -0.334. The monoisotopic (exact) mass is 470 g/mol. The molecule has 0 aliphatic carbocycles. The number of fused-ring (bicyclic) bond motifs is 2. The van der Waals surface area contributed by atoms with Crippen molar-refractivity contribution in [2.45, 2.75) is 50.4 Å². The van der Waals surface area contributed by atoms with E-state index < -0.39 is 29.6 Å². The molecule has 2 N–H and O–H groups in total. The molecule has 0 radical (unpaired) electrons. The number of benzene rings is 2. The largest absolute Gasteiger partial charge is 0.376 e. The molecule has 1 spiro atoms. The van der Waals surface area contributed by atoms with E-state index >= 15 is 0 Å². The fourth-order valence-corrected chi connectivity index (χ4v) is 5.13. The van der Waals surface area contributed by atoms with E-state index in [9.17, 15) is 20.0 Å². The molecule has 0 aromatic heterocycles. The first-order chi connectivity index (χ1) is 16.8. The standard InChI is InChI=1S/C28H30N4O3/c1-19(2)15-24(31(3)25(33)14-13-20-9-5-4-6-10-20)26(34)32-18-28(16-21(32)17-29)22-11-7-8-12-23(22)30-27(28)35/h4-12,19,21,24,26,34H,15-16,18H2,1-3H3,(H,30,35)/t21-,24-,26?,28-/m0/s1. The van der Waals surface area contributed by atoms with Gasteiger partial charge in [0.25, 0.3) is 5.91 Å². The Hall–Kier alpha value is -3.65. The van der Waals surface area contributed by atoms with Crippen LogP contribution in [0.15, 0.2) is 54.6 Å². The number of nitriles is 1. The predicted octanol–water partition coefficient (Wildman–Crippen LogP) is 2.72. The predicted molar refractivity (Wildman–Crippen MR) is 133 cm³/mol. The second-order valence-electron chi connectivity index (χ2n) is 9.75. The van der Waals surface area contributed by atoms with Crippen molar-refractivity contribution in [3.63, 3.8) is 0 Å². The quantitative estimate of drug-likeness (QED) is 0.655. The molecule has 0 bridgehead atoms. The Morgan fingerprint density at radius 3 is 2.60 bits per heavy atom. The van der Waals surface area contributed by atoms with E-state index in [1.165, 1.54) is 4.90 Å². The number of amides is 2. The topological polar surface area (TPSA) is 96.7 Å². The number of hydrogen-bond acceptors (Lipinski definition) is 5. The summed E-state index contributed by atoms with van der Waals surface area (Å²) in [6.45, 7) is 4.23. The minimum atomic E-state index is -1.13. The first-order valence-corrected chi connectivity index (χ1v) is 11.8. The second-order valence-corrected chi connectivity index (χ2v) is 9.75. The van der Waals surface area contributed by atoms with E-state index in [2.05, 4.69) is 23.2 Å². The highest BCUT2D eigenvalue weighted by Gasteiger charge is 2.56. The van der Waals surface area contributed by atoms with Crippen LogP contribution in [0, 0.1) is 29.1 Å². The summed E-state index contributed by atoms with van der Waals surface area (Å²) < 4.78 is 0. The average Bonchev–Trinajstić information content (AvgIpc) is 3.39. The van der Waals surface area contributed by atoms with Gasteiger partial charge in [-0.3, -0.25) is 14.5 Å². The van der Waals surface area contributed by atoms with Crippen LogP contribution in [0.1, 0.15) is 37.8 Å². The Kier molecular flexibility index (Phi) is 6.93. The second kappa shape index (κ2) is 9.92. The minimum Gasteiger partial charge on any atom is -0.376 e. The summed E-state index contributed by atoms with van der Waals surface area (Å²) in [5, 5.41) is 24.4. The van der Waals surface area contributed by atoms with Gasteiger partial charge in [0.2, 0.25) is 5.91 Å². The molecule has 2 heterocycles. The van der Waals surface area contributed by atoms with E-state index in [4.69, 9.17) is 0 Å². The molecular formula is C28H30N4O3. The van der Waals surface area contributed by atoms with Gasteiger partial charge in [0.1, 0.15) is 12.3 Å². The zero-order valence-corrected chi connectivity index (χ0v) is 20.2. The Morgan fingerprint density at radius 2 is 1.91 bits per heavy atom. The number of likely N-dealkylation sites (tertiary alicyclic amines) is 1. The average molecular weight is 471 g/mol. The van der Waals surface area contributed by atoms with Crippen molar-refractivity contribution in [2.24, 2.45) is 5.92 Å². The van der Waals surface area contributed by atoms with Gasteiger partial charge in [-0.1, -0.05) is 56.2 Å². The Balaban J connectivity index is 1.61. The van der Waals surface area contributed by atoms with Crippen LogP contribution in [-0.4, -0.2) is 58.6 Å². The maximum absolute atomic E-state index is 13.1. The van der Waals surface area contributed by atoms with E-state index in [1.54, 1.807) is 11.9 Å². The van der Waals surface area contributed by atoms with Crippen molar-refractivity contribution in [2.75, 3.05) is 18.9 Å². The Labute approximate surface area is 206 Å². The molecule has 1 unspecified atom stereocenters. The molecular weight excluding hydrogens is 440 g/mol. The zero-order valence-electron chi connectivity index (χ0n) is 20.2. The first-order valence-electron chi connectivity index (χ1n) is 11.8. The Bertz CT molecular complexity index is 1210. The highest BCUT2D eigenvalue weighted by molar-refractivity contribution is 6.06. The molecule has 35 heavy (non-hydrogen) atoms. The molecule has 1 fully saturated rings. The van der Waals surface area contributed by atoms with Crippen molar-refractivity contribution >= 4 is 17.5 Å². The SMILES string of the molecule is CC(C)C[C@@H](C(O)N1C[C@]2(C[C@H]1C#N)C(=O)Nc1ccccc12)N(C)C(=O)C#Cc1ccccc1. The zero-order chi connectivity index (χ0) is 25.2. The number of nitrogens with zero attached hydrogens (tertiary/aromatic N) is 3. The third kappa shape index (κ3) is 4.66. The van der Waals surface area contributed by atoms with Gasteiger partial charge in [0.05, 0.1) is 17.5 Å². The van der Waals surface area contributed by atoms with E-state index in [-0.39, 0.29) is 24.8 Å². The lowest BCUT2D eigenvalue weighted by molar-refractivity contribution is -0.134. The van der Waals surface area contributed by atoms with Gasteiger partial charge in [-0.2, -0.15) is 5.26 Å². The number of nitrogens with one attached hydrogen (secondary N) is 1. The maximum Gasteiger partial charge on any atom is 0.298 e. The molecule has 0 saturated carbocycles. The van der Waals surface area contributed by atoms with Gasteiger partial charge in [-0.05, 0) is 42.5 Å². The van der Waals surface area contributed by atoms with Crippen molar-refractivity contribution in [1.29, 1.82) is 5.26 Å². The number of aliphatic hydroxyl groups excluding tert-OH is 1. The number of carbonyl (C=O) groups excluding carboxylic acids is 2. The molecule has 7 heteroatoms. The van der Waals surface area contributed by atoms with Gasteiger partial charge < -0.3 is 15.3 Å². The minimum absolute atomic E-state index is 0.160. The van der Waals surface area contributed by atoms with Crippen molar-refractivity contribution in [1.82, 2.24) is 9.80 Å². The normalized spacial score (nSPS) is 22.6. The summed E-state index contributed by atoms with van der Waals surface area (Å²) in [4.78, 5) is 29.2. The Morgan fingerprint density at radius 1 is 1.23 bits per heavy atom. The third-order valence-electron chi connectivity index (χ3n) is 6.97. The number of likely N-dealkylation sites (N-methyl/N-ethyl adjacent to an activating group) is 1. The summed E-state index contributed by atoms with van der Waals surface area (Å²) in [6, 6.07) is 17.7. The van der Waals surface area contributed by atoms with Crippen LogP contribution in [0.5, 0.6) is 0 Å². The molecule has 1 saturated heterocycles. The lowest BCUT2D eigenvalue weighted by Gasteiger charge is -2.38. The smallest absolute Gasteiger partial charge is 0.298 e. The van der Waals surface area contributed by atoms with Gasteiger partial charge in [0, 0.05) is 30.8 Å². The molecule has 2 aromatic carbocycles. The lowest BCUT2D eigenvalue weighted by atomic mass is 9.80. The third-order valence-corrected chi connectivity index (χ3v) is 6.97. The van der Waals surface area contributed by atoms with E-state index in [0.29, 0.717) is 6.42 Å². The van der Waals surface area contributed by atoms with Crippen LogP contribution in [0.2, 0.25) is 0 Å². The molecule has 180 valence electrons. The van der Waals surface area contributed by atoms with Gasteiger partial charge >= 0.3 is 0 Å². The van der Waals surface area contributed by atoms with E-state index in [0.717, 1.165) is 16.8 Å². The number of anilines is 1. The maximum atomic E-state index is 13.1. The van der Waals surface area contributed by atoms with Crippen LogP contribution >= 0.6 is 0 Å². The number of carbonyl (C=O) groups is 2. The molecule has 2 amide bonds. The summed E-state index contributed by atoms with van der Waals surface area (Å²) in [5.74, 6) is 5.15. The molecule has 2 aliphatic heterocycles. The summed E-state index contributed by atoms with van der Waals surface area (Å²) in [7, 11) is 1.63. The van der Waals surface area contributed by atoms with Crippen LogP contribution in [0.4, 0.5) is 5.69 Å². The van der Waals surface area contributed by atoms with Gasteiger partial charge in [0.15, 0.2) is 0 Å². The number of para-hydroxylation sites is 1. The highest BCUT2D eigenvalue weighted by atomic mass is 16.3. The van der Waals surface area contributed by atoms with Crippen LogP contribution in [0.3, 0.4) is 0 Å². The molecule has 4 rings (SSSR count). The van der Waals surface area contributed by atoms with Crippen molar-refractivity contribution in [3.05, 3.63) is 65.7 Å². The first kappa shape index (κ1) is 24.5. The number of hydrogen-bond donors (Lipinski definition) is 2. The molecule has 4 atom stereocenters. The molecule has 2 aromatic rings. The van der Waals surface area contributed by atoms with Crippen LogP contribution < -0.4 is 5.32 Å². The van der Waals surface area contributed by atoms with Gasteiger partial charge in [-0.15, -0.1) is 0 Å². The number of rotatable bonds is 5. The van der Waals surface area contributed by atoms with Crippen molar-refractivity contribution in [3.8, 4) is 17.9 Å². The summed E-state index contributed by atoms with van der Waals surface area (Å²) in [5.41, 5.74) is 1.41. The van der Waals surface area contributed by atoms with Gasteiger partial charge in [-0.25, -0.2) is 0 Å². The van der Waals surface area contributed by atoms with E-state index in [1.807, 2.05) is 68.4 Å².